The lowest BCUT2D eigenvalue weighted by Gasteiger charge is -2.10. The largest absolute Gasteiger partial charge is 0.452 e. The lowest BCUT2D eigenvalue weighted by atomic mass is 9.94. The van der Waals surface area contributed by atoms with Crippen molar-refractivity contribution in [1.82, 2.24) is 0 Å². The Balaban J connectivity index is 2.07. The van der Waals surface area contributed by atoms with E-state index in [-0.39, 0.29) is 11.6 Å². The highest BCUT2D eigenvalue weighted by Crippen LogP contribution is 2.29. The summed E-state index contributed by atoms with van der Waals surface area (Å²) in [7, 11) is 0. The van der Waals surface area contributed by atoms with Crippen LogP contribution in [0.5, 0.6) is 0 Å². The van der Waals surface area contributed by atoms with Crippen molar-refractivity contribution in [3.63, 3.8) is 0 Å². The number of benzene rings is 1. The molecule has 1 heterocycles. The van der Waals surface area contributed by atoms with Gasteiger partial charge in [0.15, 0.2) is 5.76 Å². The molecule has 3 rings (SSSR count). The number of hydrogen-bond donors (Lipinski definition) is 0. The maximum atomic E-state index is 13.2. The van der Waals surface area contributed by atoms with Gasteiger partial charge in [-0.1, -0.05) is 6.08 Å². The van der Waals surface area contributed by atoms with Gasteiger partial charge in [-0.15, -0.1) is 0 Å². The molecule has 19 heavy (non-hydrogen) atoms. The number of aryl methyl sites for hydroxylation is 1. The molecular weight excluding hydrogens is 243 g/mol. The molecule has 1 aromatic carbocycles. The van der Waals surface area contributed by atoms with Gasteiger partial charge in [-0.3, -0.25) is 4.79 Å². The number of hydrogen-bond acceptors (Lipinski definition) is 2. The number of carbonyl (C=O) groups excluding carboxylic acids is 1. The summed E-state index contributed by atoms with van der Waals surface area (Å²) in [6.07, 6.45) is 5.95. The Morgan fingerprint density at radius 3 is 2.89 bits per heavy atom. The van der Waals surface area contributed by atoms with Crippen molar-refractivity contribution >= 4 is 16.8 Å². The van der Waals surface area contributed by atoms with Crippen molar-refractivity contribution in [2.24, 2.45) is 0 Å². The molecule has 0 spiro atoms. The molecule has 98 valence electrons. The first-order valence-corrected chi connectivity index (χ1v) is 6.59. The normalized spacial score (nSPS) is 15.6. The highest BCUT2D eigenvalue weighted by Gasteiger charge is 2.22. The van der Waals surface area contributed by atoms with Gasteiger partial charge in [0.05, 0.1) is 0 Å². The monoisotopic (exact) mass is 258 g/mol. The molecule has 0 saturated carbocycles. The Bertz CT molecular complexity index is 679. The van der Waals surface area contributed by atoms with Crippen LogP contribution in [0.3, 0.4) is 0 Å². The van der Waals surface area contributed by atoms with Crippen LogP contribution >= 0.6 is 0 Å². The lowest BCUT2D eigenvalue weighted by Crippen LogP contribution is -2.06. The van der Waals surface area contributed by atoms with E-state index in [4.69, 9.17) is 4.42 Å². The van der Waals surface area contributed by atoms with E-state index in [2.05, 4.69) is 0 Å². The topological polar surface area (TPSA) is 30.2 Å². The van der Waals surface area contributed by atoms with Gasteiger partial charge in [0.1, 0.15) is 11.4 Å². The molecule has 0 amide bonds. The number of halogens is 1. The van der Waals surface area contributed by atoms with Gasteiger partial charge in [0.2, 0.25) is 5.78 Å². The summed E-state index contributed by atoms with van der Waals surface area (Å²) >= 11 is 0. The molecule has 0 aliphatic heterocycles. The zero-order valence-corrected chi connectivity index (χ0v) is 10.8. The fraction of sp³-hybridized carbons (Fsp3) is 0.312. The molecule has 0 bridgehead atoms. The van der Waals surface area contributed by atoms with Crippen LogP contribution in [-0.4, -0.2) is 5.78 Å². The standard InChI is InChI=1S/C16H15FO2/c1-10-13-9-12(17)7-8-14(13)19-16(10)15(18)11-5-3-2-4-6-11/h5,7-9H,2-4,6H2,1H3. The van der Waals surface area contributed by atoms with E-state index >= 15 is 0 Å². The van der Waals surface area contributed by atoms with Crippen LogP contribution in [0.2, 0.25) is 0 Å². The minimum absolute atomic E-state index is 0.0474. The van der Waals surface area contributed by atoms with Gasteiger partial charge in [0, 0.05) is 10.9 Å². The maximum absolute atomic E-state index is 13.2. The maximum Gasteiger partial charge on any atom is 0.224 e. The first-order chi connectivity index (χ1) is 9.16. The number of allylic oxidation sites excluding steroid dienone is 2. The molecule has 0 unspecified atom stereocenters. The molecular formula is C16H15FO2. The van der Waals surface area contributed by atoms with E-state index in [1.165, 1.54) is 12.1 Å². The number of carbonyl (C=O) groups is 1. The van der Waals surface area contributed by atoms with Gasteiger partial charge in [0.25, 0.3) is 0 Å². The molecule has 0 fully saturated rings. The predicted octanol–water partition coefficient (Wildman–Crippen LogP) is 4.56. The van der Waals surface area contributed by atoms with Crippen molar-refractivity contribution in [3.05, 3.63) is 47.0 Å². The lowest BCUT2D eigenvalue weighted by molar-refractivity contribution is 0.1000. The summed E-state index contributed by atoms with van der Waals surface area (Å²) in [5.74, 6) is -0.00478. The zero-order valence-electron chi connectivity index (χ0n) is 10.8. The number of rotatable bonds is 2. The van der Waals surface area contributed by atoms with Crippen LogP contribution < -0.4 is 0 Å². The second-order valence-corrected chi connectivity index (χ2v) is 5.00. The summed E-state index contributed by atoms with van der Waals surface area (Å²) in [6, 6.07) is 4.34. The van der Waals surface area contributed by atoms with Gasteiger partial charge in [-0.2, -0.15) is 0 Å². The van der Waals surface area contributed by atoms with Gasteiger partial charge >= 0.3 is 0 Å². The molecule has 2 aromatic rings. The van der Waals surface area contributed by atoms with E-state index in [9.17, 15) is 9.18 Å². The Kier molecular flexibility index (Phi) is 2.97. The fourth-order valence-corrected chi connectivity index (χ4v) is 2.60. The van der Waals surface area contributed by atoms with Crippen molar-refractivity contribution in [2.45, 2.75) is 32.6 Å². The summed E-state index contributed by atoms with van der Waals surface area (Å²) < 4.78 is 18.9. The smallest absolute Gasteiger partial charge is 0.224 e. The van der Waals surface area contributed by atoms with E-state index in [1.54, 1.807) is 6.07 Å². The SMILES string of the molecule is Cc1c(C(=O)C2=CCCCC2)oc2ccc(F)cc12. The second-order valence-electron chi connectivity index (χ2n) is 5.00. The molecule has 3 heteroatoms. The van der Waals surface area contributed by atoms with Crippen molar-refractivity contribution < 1.29 is 13.6 Å². The van der Waals surface area contributed by atoms with E-state index in [0.717, 1.165) is 36.8 Å². The molecule has 0 N–H and O–H groups in total. The molecule has 2 nitrogen and oxygen atoms in total. The number of furan rings is 1. The highest BCUT2D eigenvalue weighted by atomic mass is 19.1. The third-order valence-electron chi connectivity index (χ3n) is 3.69. The Morgan fingerprint density at radius 1 is 1.32 bits per heavy atom. The van der Waals surface area contributed by atoms with Crippen LogP contribution in [0, 0.1) is 12.7 Å². The summed E-state index contributed by atoms with van der Waals surface area (Å²) in [5, 5.41) is 0.680. The van der Waals surface area contributed by atoms with Crippen molar-refractivity contribution in [1.29, 1.82) is 0 Å². The third kappa shape index (κ3) is 2.09. The zero-order chi connectivity index (χ0) is 13.4. The molecule has 0 radical (unpaired) electrons. The Labute approximate surface area is 110 Å². The summed E-state index contributed by atoms with van der Waals surface area (Å²) in [5.41, 5.74) is 2.12. The molecule has 1 aliphatic carbocycles. The second kappa shape index (κ2) is 4.65. The Morgan fingerprint density at radius 2 is 2.16 bits per heavy atom. The van der Waals surface area contributed by atoms with E-state index in [0.29, 0.717) is 16.7 Å². The van der Waals surface area contributed by atoms with Crippen LogP contribution in [0.25, 0.3) is 11.0 Å². The fourth-order valence-electron chi connectivity index (χ4n) is 2.60. The minimum atomic E-state index is -0.313. The molecule has 0 atom stereocenters. The first-order valence-electron chi connectivity index (χ1n) is 6.59. The van der Waals surface area contributed by atoms with Gasteiger partial charge in [-0.25, -0.2) is 4.39 Å². The molecule has 1 aromatic heterocycles. The van der Waals surface area contributed by atoms with Crippen LogP contribution in [0.15, 0.2) is 34.3 Å². The van der Waals surface area contributed by atoms with Gasteiger partial charge in [-0.05, 0) is 56.4 Å². The molecule has 1 aliphatic rings. The number of Topliss-reactive ketones (excluding diaryl/α,β-unsaturated/α-hetero) is 1. The van der Waals surface area contributed by atoms with Crippen LogP contribution in [-0.2, 0) is 0 Å². The highest BCUT2D eigenvalue weighted by molar-refractivity contribution is 6.10. The molecule has 0 saturated heterocycles. The van der Waals surface area contributed by atoms with E-state index in [1.807, 2.05) is 13.0 Å². The minimum Gasteiger partial charge on any atom is -0.452 e. The predicted molar refractivity (Wildman–Crippen MR) is 71.8 cm³/mol. The van der Waals surface area contributed by atoms with Crippen molar-refractivity contribution in [2.75, 3.05) is 0 Å². The van der Waals surface area contributed by atoms with Gasteiger partial charge < -0.3 is 4.42 Å². The van der Waals surface area contributed by atoms with Crippen molar-refractivity contribution in [3.8, 4) is 0 Å². The quantitative estimate of drug-likeness (QED) is 0.739. The number of ketones is 1. The Hall–Kier alpha value is -1.90. The third-order valence-corrected chi connectivity index (χ3v) is 3.69. The van der Waals surface area contributed by atoms with E-state index < -0.39 is 0 Å². The summed E-state index contributed by atoms with van der Waals surface area (Å²) in [6.45, 7) is 1.81. The van der Waals surface area contributed by atoms with Crippen LogP contribution in [0.4, 0.5) is 4.39 Å². The average molecular weight is 258 g/mol. The summed E-state index contributed by atoms with van der Waals surface area (Å²) in [4.78, 5) is 12.4. The van der Waals surface area contributed by atoms with Crippen LogP contribution in [0.1, 0.15) is 41.8 Å². The number of fused-ring (bicyclic) bond motifs is 1. The first kappa shape index (κ1) is 12.2. The average Bonchev–Trinajstić information content (AvgIpc) is 2.76.